The predicted molar refractivity (Wildman–Crippen MR) is 86.3 cm³/mol. The minimum Gasteiger partial charge on any atom is -0.487 e. The first kappa shape index (κ1) is 15.9. The Morgan fingerprint density at radius 2 is 1.95 bits per heavy atom. The first-order valence-corrected chi connectivity index (χ1v) is 7.59. The standard InChI is InChI=1S/C16H19BrN2O2/c1-20-9-8-18-10-15-6-7-16(11-19-15)21-12-13-2-4-14(17)5-3-13/h2-7,11,18H,8-10,12H2,1H3. The molecule has 112 valence electrons. The van der Waals surface area contributed by atoms with Crippen LogP contribution in [-0.4, -0.2) is 25.2 Å². The van der Waals surface area contributed by atoms with Crippen LogP contribution >= 0.6 is 15.9 Å². The minimum atomic E-state index is 0.542. The Morgan fingerprint density at radius 3 is 2.62 bits per heavy atom. The van der Waals surface area contributed by atoms with E-state index in [4.69, 9.17) is 9.47 Å². The molecule has 1 N–H and O–H groups in total. The second-order valence-corrected chi connectivity index (χ2v) is 5.49. The molecule has 2 rings (SSSR count). The van der Waals surface area contributed by atoms with Crippen molar-refractivity contribution in [2.45, 2.75) is 13.2 Å². The van der Waals surface area contributed by atoms with E-state index in [2.05, 4.69) is 26.2 Å². The Kier molecular flexibility index (Phi) is 6.66. The number of benzene rings is 1. The summed E-state index contributed by atoms with van der Waals surface area (Å²) >= 11 is 3.42. The lowest BCUT2D eigenvalue weighted by Gasteiger charge is -2.07. The summed E-state index contributed by atoms with van der Waals surface area (Å²) in [5, 5.41) is 3.25. The molecule has 1 heterocycles. The van der Waals surface area contributed by atoms with Gasteiger partial charge in [0.05, 0.1) is 18.5 Å². The zero-order chi connectivity index (χ0) is 14.9. The molecule has 4 nitrogen and oxygen atoms in total. The summed E-state index contributed by atoms with van der Waals surface area (Å²) in [5.74, 6) is 0.776. The number of rotatable bonds is 8. The minimum absolute atomic E-state index is 0.542. The smallest absolute Gasteiger partial charge is 0.138 e. The SMILES string of the molecule is COCCNCc1ccc(OCc2ccc(Br)cc2)cn1. The first-order valence-electron chi connectivity index (χ1n) is 6.80. The highest BCUT2D eigenvalue weighted by Crippen LogP contribution is 2.14. The van der Waals surface area contributed by atoms with Gasteiger partial charge in [-0.25, -0.2) is 0 Å². The maximum absolute atomic E-state index is 5.71. The van der Waals surface area contributed by atoms with Crippen LogP contribution < -0.4 is 10.1 Å². The Labute approximate surface area is 133 Å². The second-order valence-electron chi connectivity index (χ2n) is 4.57. The lowest BCUT2D eigenvalue weighted by Crippen LogP contribution is -2.19. The van der Waals surface area contributed by atoms with Crippen LogP contribution in [0.1, 0.15) is 11.3 Å². The van der Waals surface area contributed by atoms with Crippen LogP contribution in [0.2, 0.25) is 0 Å². The normalized spacial score (nSPS) is 10.6. The van der Waals surface area contributed by atoms with Gasteiger partial charge in [0.2, 0.25) is 0 Å². The molecule has 0 radical (unpaired) electrons. The van der Waals surface area contributed by atoms with Crippen molar-refractivity contribution in [2.75, 3.05) is 20.3 Å². The molecule has 0 aliphatic rings. The Morgan fingerprint density at radius 1 is 1.14 bits per heavy atom. The van der Waals surface area contributed by atoms with Crippen LogP contribution in [0.4, 0.5) is 0 Å². The fourth-order valence-electron chi connectivity index (χ4n) is 1.74. The van der Waals surface area contributed by atoms with Crippen molar-refractivity contribution < 1.29 is 9.47 Å². The fraction of sp³-hybridized carbons (Fsp3) is 0.312. The number of ether oxygens (including phenoxy) is 2. The quantitative estimate of drug-likeness (QED) is 0.742. The highest BCUT2D eigenvalue weighted by Gasteiger charge is 1.99. The summed E-state index contributed by atoms with van der Waals surface area (Å²) in [7, 11) is 1.69. The molecule has 2 aromatic rings. The van der Waals surface area contributed by atoms with Gasteiger partial charge in [0.25, 0.3) is 0 Å². The average molecular weight is 351 g/mol. The summed E-state index contributed by atoms with van der Waals surface area (Å²) in [6, 6.07) is 12.0. The van der Waals surface area contributed by atoms with E-state index >= 15 is 0 Å². The molecule has 0 atom stereocenters. The number of methoxy groups -OCH3 is 1. The summed E-state index contributed by atoms with van der Waals surface area (Å²) in [6.45, 7) is 2.80. The first-order chi connectivity index (χ1) is 10.3. The molecule has 5 heteroatoms. The molecular weight excluding hydrogens is 332 g/mol. The average Bonchev–Trinajstić information content (AvgIpc) is 2.52. The van der Waals surface area contributed by atoms with Crippen molar-refractivity contribution in [1.29, 1.82) is 0 Å². The largest absolute Gasteiger partial charge is 0.487 e. The molecule has 0 fully saturated rings. The van der Waals surface area contributed by atoms with Crippen molar-refractivity contribution in [1.82, 2.24) is 10.3 Å². The van der Waals surface area contributed by atoms with Crippen LogP contribution in [0.25, 0.3) is 0 Å². The highest BCUT2D eigenvalue weighted by molar-refractivity contribution is 9.10. The number of halogens is 1. The van der Waals surface area contributed by atoms with Gasteiger partial charge in [-0.1, -0.05) is 28.1 Å². The summed E-state index contributed by atoms with van der Waals surface area (Å²) in [5.41, 5.74) is 2.12. The van der Waals surface area contributed by atoms with Crippen molar-refractivity contribution in [2.24, 2.45) is 0 Å². The number of nitrogens with one attached hydrogen (secondary N) is 1. The summed E-state index contributed by atoms with van der Waals surface area (Å²) in [6.07, 6.45) is 1.76. The third kappa shape index (κ3) is 5.83. The monoisotopic (exact) mass is 350 g/mol. The van der Waals surface area contributed by atoms with E-state index in [0.717, 1.165) is 34.6 Å². The van der Waals surface area contributed by atoms with Crippen molar-refractivity contribution in [3.05, 3.63) is 58.3 Å². The van der Waals surface area contributed by atoms with E-state index in [1.807, 2.05) is 36.4 Å². The van der Waals surface area contributed by atoms with Gasteiger partial charge in [0.1, 0.15) is 12.4 Å². The Balaban J connectivity index is 1.78. The van der Waals surface area contributed by atoms with E-state index < -0.39 is 0 Å². The van der Waals surface area contributed by atoms with Gasteiger partial charge in [-0.2, -0.15) is 0 Å². The molecule has 0 aliphatic carbocycles. The summed E-state index contributed by atoms with van der Waals surface area (Å²) < 4.78 is 11.8. The molecule has 0 saturated heterocycles. The van der Waals surface area contributed by atoms with Gasteiger partial charge in [0.15, 0.2) is 0 Å². The van der Waals surface area contributed by atoms with E-state index in [-0.39, 0.29) is 0 Å². The lowest BCUT2D eigenvalue weighted by atomic mass is 10.2. The third-order valence-corrected chi connectivity index (χ3v) is 3.43. The molecule has 0 unspecified atom stereocenters. The third-order valence-electron chi connectivity index (χ3n) is 2.91. The molecule has 0 bridgehead atoms. The van der Waals surface area contributed by atoms with E-state index in [9.17, 15) is 0 Å². The van der Waals surface area contributed by atoms with Crippen molar-refractivity contribution >= 4 is 15.9 Å². The molecule has 21 heavy (non-hydrogen) atoms. The zero-order valence-corrected chi connectivity index (χ0v) is 13.6. The van der Waals surface area contributed by atoms with Gasteiger partial charge < -0.3 is 14.8 Å². The van der Waals surface area contributed by atoms with E-state index in [0.29, 0.717) is 13.2 Å². The maximum atomic E-state index is 5.71. The van der Waals surface area contributed by atoms with Crippen molar-refractivity contribution in [3.63, 3.8) is 0 Å². The molecule has 1 aromatic heterocycles. The maximum Gasteiger partial charge on any atom is 0.138 e. The molecule has 0 aliphatic heterocycles. The number of hydrogen-bond acceptors (Lipinski definition) is 4. The number of nitrogens with zero attached hydrogens (tertiary/aromatic N) is 1. The van der Waals surface area contributed by atoms with Crippen LogP contribution in [0.3, 0.4) is 0 Å². The van der Waals surface area contributed by atoms with Gasteiger partial charge in [-0.15, -0.1) is 0 Å². The predicted octanol–water partition coefficient (Wildman–Crippen LogP) is 3.16. The number of pyridine rings is 1. The van der Waals surface area contributed by atoms with E-state index in [1.54, 1.807) is 13.3 Å². The van der Waals surface area contributed by atoms with Crippen molar-refractivity contribution in [3.8, 4) is 5.75 Å². The van der Waals surface area contributed by atoms with Crippen LogP contribution in [0.15, 0.2) is 47.1 Å². The van der Waals surface area contributed by atoms with Gasteiger partial charge >= 0.3 is 0 Å². The molecule has 0 saturated carbocycles. The molecular formula is C16H19BrN2O2. The van der Waals surface area contributed by atoms with Gasteiger partial charge in [-0.3, -0.25) is 4.98 Å². The topological polar surface area (TPSA) is 43.4 Å². The molecule has 1 aromatic carbocycles. The lowest BCUT2D eigenvalue weighted by molar-refractivity contribution is 0.199. The Hall–Kier alpha value is -1.43. The van der Waals surface area contributed by atoms with Crippen LogP contribution in [0.5, 0.6) is 5.75 Å². The number of aromatic nitrogens is 1. The van der Waals surface area contributed by atoms with Gasteiger partial charge in [0, 0.05) is 24.7 Å². The molecule has 0 amide bonds. The van der Waals surface area contributed by atoms with Crippen LogP contribution in [0, 0.1) is 0 Å². The highest BCUT2D eigenvalue weighted by atomic mass is 79.9. The van der Waals surface area contributed by atoms with E-state index in [1.165, 1.54) is 0 Å². The number of hydrogen-bond donors (Lipinski definition) is 1. The fourth-order valence-corrected chi connectivity index (χ4v) is 2.00. The van der Waals surface area contributed by atoms with Gasteiger partial charge in [-0.05, 0) is 29.8 Å². The Bertz CT molecular complexity index is 529. The second kappa shape index (κ2) is 8.77. The molecule has 0 spiro atoms. The zero-order valence-electron chi connectivity index (χ0n) is 12.0. The van der Waals surface area contributed by atoms with Crippen LogP contribution in [-0.2, 0) is 17.9 Å². The summed E-state index contributed by atoms with van der Waals surface area (Å²) in [4.78, 5) is 4.37.